The summed E-state index contributed by atoms with van der Waals surface area (Å²) in [6.07, 6.45) is 0. The maximum atomic E-state index is 10.8. The van der Waals surface area contributed by atoms with Crippen LogP contribution < -0.4 is 0 Å². The van der Waals surface area contributed by atoms with Crippen LogP contribution in [0.15, 0.2) is 133 Å². The van der Waals surface area contributed by atoms with Crippen molar-refractivity contribution in [3.05, 3.63) is 145 Å². The van der Waals surface area contributed by atoms with Gasteiger partial charge in [-0.1, -0.05) is 121 Å². The molecule has 0 heterocycles. The summed E-state index contributed by atoms with van der Waals surface area (Å²) in [5.74, 6) is -1.76. The zero-order valence-corrected chi connectivity index (χ0v) is 19.4. The molecule has 0 unspecified atom stereocenters. The molecule has 4 heteroatoms. The molecule has 0 radical (unpaired) electrons. The Bertz CT molecular complexity index is 1490. The number of hydrogen-bond donors (Lipinski definition) is 2. The summed E-state index contributed by atoms with van der Waals surface area (Å²) in [6.45, 7) is 0. The zero-order valence-electron chi connectivity index (χ0n) is 19.4. The fraction of sp³-hybridized carbons (Fsp3) is 0. The van der Waals surface area contributed by atoms with Crippen LogP contribution in [0.2, 0.25) is 0 Å². The van der Waals surface area contributed by atoms with Crippen LogP contribution in [0, 0.1) is 0 Å². The van der Waals surface area contributed by atoms with Crippen molar-refractivity contribution in [1.82, 2.24) is 0 Å². The van der Waals surface area contributed by atoms with E-state index in [-0.39, 0.29) is 0 Å². The number of carboxylic acid groups (broad SMARTS) is 2. The fourth-order valence-corrected chi connectivity index (χ4v) is 3.96. The van der Waals surface area contributed by atoms with Gasteiger partial charge in [0.1, 0.15) is 0 Å². The van der Waals surface area contributed by atoms with Crippen molar-refractivity contribution in [1.29, 1.82) is 0 Å². The standard InChI is InChI=1S/2C11H8O2.C10H8/c2*12-11(13)10-7-3-5-8-4-1-2-6-9(8)10;1-2-6-10-8-4-3-7-9(10)5-1/h2*1-7H,(H,12,13);1-8H. The van der Waals surface area contributed by atoms with Crippen molar-refractivity contribution in [2.45, 2.75) is 0 Å². The second-order valence-electron chi connectivity index (χ2n) is 8.01. The number of benzene rings is 6. The van der Waals surface area contributed by atoms with Crippen LogP contribution in [0.4, 0.5) is 0 Å². The Morgan fingerprint density at radius 2 is 0.639 bits per heavy atom. The Hall–Kier alpha value is -4.96. The molecule has 6 aromatic rings. The molecular formula is C32H24O4. The second-order valence-corrected chi connectivity index (χ2v) is 8.01. The number of carbonyl (C=O) groups is 2. The first-order chi connectivity index (χ1) is 17.5. The lowest BCUT2D eigenvalue weighted by molar-refractivity contribution is 0.0688. The third kappa shape index (κ3) is 5.75. The molecule has 0 aliphatic heterocycles. The average Bonchev–Trinajstić information content (AvgIpc) is 2.93. The SMILES string of the molecule is O=C(O)c1cccc2ccccc12.O=C(O)c1cccc2ccccc12.c1ccc2ccccc2c1. The molecule has 176 valence electrons. The predicted octanol–water partition coefficient (Wildman–Crippen LogP) is 7.92. The molecule has 36 heavy (non-hydrogen) atoms. The molecule has 0 bridgehead atoms. The highest BCUT2D eigenvalue weighted by atomic mass is 16.4. The van der Waals surface area contributed by atoms with E-state index in [4.69, 9.17) is 10.2 Å². The predicted molar refractivity (Wildman–Crippen MR) is 146 cm³/mol. The van der Waals surface area contributed by atoms with Gasteiger partial charge in [-0.15, -0.1) is 0 Å². The van der Waals surface area contributed by atoms with E-state index in [0.29, 0.717) is 11.1 Å². The monoisotopic (exact) mass is 472 g/mol. The van der Waals surface area contributed by atoms with Crippen LogP contribution in [-0.2, 0) is 0 Å². The van der Waals surface area contributed by atoms with Gasteiger partial charge in [0.15, 0.2) is 0 Å². The molecule has 0 saturated carbocycles. The van der Waals surface area contributed by atoms with E-state index in [1.54, 1.807) is 24.3 Å². The summed E-state index contributed by atoms with van der Waals surface area (Å²) >= 11 is 0. The molecule has 0 saturated heterocycles. The smallest absolute Gasteiger partial charge is 0.336 e. The molecule has 0 amide bonds. The van der Waals surface area contributed by atoms with Crippen LogP contribution in [0.25, 0.3) is 32.3 Å². The van der Waals surface area contributed by atoms with Crippen LogP contribution >= 0.6 is 0 Å². The highest BCUT2D eigenvalue weighted by Gasteiger charge is 2.06. The van der Waals surface area contributed by atoms with Gasteiger partial charge in [-0.25, -0.2) is 9.59 Å². The Morgan fingerprint density at radius 3 is 0.972 bits per heavy atom. The Labute approximate surface area is 208 Å². The number of aromatic carboxylic acids is 2. The Morgan fingerprint density at radius 1 is 0.361 bits per heavy atom. The van der Waals surface area contributed by atoms with Gasteiger partial charge >= 0.3 is 11.9 Å². The summed E-state index contributed by atoms with van der Waals surface area (Å²) in [4.78, 5) is 21.6. The van der Waals surface area contributed by atoms with Gasteiger partial charge in [0, 0.05) is 0 Å². The lowest BCUT2D eigenvalue weighted by Crippen LogP contribution is -1.96. The summed E-state index contributed by atoms with van der Waals surface area (Å²) in [5.41, 5.74) is 0.719. The number of carboxylic acids is 2. The van der Waals surface area contributed by atoms with Crippen LogP contribution in [0.3, 0.4) is 0 Å². The molecule has 0 spiro atoms. The van der Waals surface area contributed by atoms with Crippen LogP contribution in [0.5, 0.6) is 0 Å². The quantitative estimate of drug-likeness (QED) is 0.268. The lowest BCUT2D eigenvalue weighted by Gasteiger charge is -2.00. The van der Waals surface area contributed by atoms with Gasteiger partial charge in [-0.3, -0.25) is 0 Å². The third-order valence-electron chi connectivity index (χ3n) is 5.70. The zero-order chi connectivity index (χ0) is 25.3. The molecule has 0 fully saturated rings. The molecular weight excluding hydrogens is 448 g/mol. The molecule has 0 aromatic heterocycles. The van der Waals surface area contributed by atoms with E-state index in [2.05, 4.69) is 48.5 Å². The van der Waals surface area contributed by atoms with E-state index in [1.807, 2.05) is 60.7 Å². The Balaban J connectivity index is 0.000000128. The van der Waals surface area contributed by atoms with E-state index >= 15 is 0 Å². The minimum atomic E-state index is -0.878. The van der Waals surface area contributed by atoms with Gasteiger partial charge in [0.25, 0.3) is 0 Å². The van der Waals surface area contributed by atoms with Crippen molar-refractivity contribution in [2.24, 2.45) is 0 Å². The lowest BCUT2D eigenvalue weighted by atomic mass is 10.1. The van der Waals surface area contributed by atoms with Crippen LogP contribution in [0.1, 0.15) is 20.7 Å². The van der Waals surface area contributed by atoms with Crippen molar-refractivity contribution in [3.63, 3.8) is 0 Å². The normalized spacial score (nSPS) is 10.1. The van der Waals surface area contributed by atoms with Gasteiger partial charge < -0.3 is 10.2 Å². The van der Waals surface area contributed by atoms with E-state index in [1.165, 1.54) is 10.8 Å². The molecule has 2 N–H and O–H groups in total. The fourth-order valence-electron chi connectivity index (χ4n) is 3.96. The van der Waals surface area contributed by atoms with Crippen molar-refractivity contribution >= 4 is 44.3 Å². The van der Waals surface area contributed by atoms with Crippen molar-refractivity contribution in [3.8, 4) is 0 Å². The maximum Gasteiger partial charge on any atom is 0.336 e. The van der Waals surface area contributed by atoms with Crippen molar-refractivity contribution in [2.75, 3.05) is 0 Å². The Kier molecular flexibility index (Phi) is 7.69. The van der Waals surface area contributed by atoms with Gasteiger partial charge in [0.2, 0.25) is 0 Å². The largest absolute Gasteiger partial charge is 0.478 e. The number of hydrogen-bond acceptors (Lipinski definition) is 2. The first-order valence-electron chi connectivity index (χ1n) is 11.4. The van der Waals surface area contributed by atoms with Gasteiger partial charge in [0.05, 0.1) is 11.1 Å². The topological polar surface area (TPSA) is 74.6 Å². The van der Waals surface area contributed by atoms with Crippen molar-refractivity contribution < 1.29 is 19.8 Å². The molecule has 0 aliphatic rings. The van der Waals surface area contributed by atoms with Gasteiger partial charge in [-0.2, -0.15) is 0 Å². The highest BCUT2D eigenvalue weighted by molar-refractivity contribution is 6.04. The summed E-state index contributed by atoms with van der Waals surface area (Å²) in [5, 5.41) is 23.9. The molecule has 0 atom stereocenters. The average molecular weight is 473 g/mol. The minimum absolute atomic E-state index is 0.359. The molecule has 4 nitrogen and oxygen atoms in total. The van der Waals surface area contributed by atoms with E-state index in [0.717, 1.165) is 21.5 Å². The van der Waals surface area contributed by atoms with Gasteiger partial charge in [-0.05, 0) is 44.5 Å². The molecule has 6 aromatic carbocycles. The maximum absolute atomic E-state index is 10.8. The summed E-state index contributed by atoms with van der Waals surface area (Å²) in [7, 11) is 0. The van der Waals surface area contributed by atoms with Crippen LogP contribution in [-0.4, -0.2) is 22.2 Å². The molecule has 6 rings (SSSR count). The number of rotatable bonds is 2. The number of fused-ring (bicyclic) bond motifs is 3. The summed E-state index contributed by atoms with van der Waals surface area (Å²) < 4.78 is 0. The van der Waals surface area contributed by atoms with E-state index in [9.17, 15) is 9.59 Å². The summed E-state index contributed by atoms with van der Waals surface area (Å²) in [6, 6.07) is 42.2. The minimum Gasteiger partial charge on any atom is -0.478 e. The van der Waals surface area contributed by atoms with E-state index < -0.39 is 11.9 Å². The first-order valence-corrected chi connectivity index (χ1v) is 11.4. The third-order valence-corrected chi connectivity index (χ3v) is 5.70. The molecule has 0 aliphatic carbocycles. The first kappa shape index (κ1) is 24.2. The second kappa shape index (κ2) is 11.4. The highest BCUT2D eigenvalue weighted by Crippen LogP contribution is 2.19.